The van der Waals surface area contributed by atoms with E-state index in [2.05, 4.69) is 23.1 Å². The predicted octanol–water partition coefficient (Wildman–Crippen LogP) is 3.49. The molecule has 1 atom stereocenters. The van der Waals surface area contributed by atoms with Crippen molar-refractivity contribution in [3.63, 3.8) is 0 Å². The molecule has 1 aliphatic heterocycles. The summed E-state index contributed by atoms with van der Waals surface area (Å²) in [7, 11) is 0. The molecule has 4 nitrogen and oxygen atoms in total. The van der Waals surface area contributed by atoms with E-state index in [-0.39, 0.29) is 5.91 Å². The molecule has 1 aromatic heterocycles. The molecule has 24 heavy (non-hydrogen) atoms. The third-order valence-corrected chi connectivity index (χ3v) is 4.71. The van der Waals surface area contributed by atoms with Crippen LogP contribution in [0.2, 0.25) is 5.02 Å². The van der Waals surface area contributed by atoms with Crippen molar-refractivity contribution in [2.75, 3.05) is 6.54 Å². The van der Waals surface area contributed by atoms with Gasteiger partial charge in [0.1, 0.15) is 0 Å². The van der Waals surface area contributed by atoms with E-state index >= 15 is 0 Å². The van der Waals surface area contributed by atoms with E-state index in [0.717, 1.165) is 35.9 Å². The molecule has 2 N–H and O–H groups in total. The lowest BCUT2D eigenvalue weighted by Gasteiger charge is -2.24. The number of likely N-dealkylation sites (tertiary alicyclic amines) is 1. The van der Waals surface area contributed by atoms with Gasteiger partial charge in [-0.25, -0.2) is 0 Å². The van der Waals surface area contributed by atoms with Crippen molar-refractivity contribution in [1.29, 1.82) is 0 Å². The number of hydrogen-bond donors (Lipinski definition) is 1. The van der Waals surface area contributed by atoms with Crippen LogP contribution >= 0.6 is 11.6 Å². The predicted molar refractivity (Wildman–Crippen MR) is 95.6 cm³/mol. The summed E-state index contributed by atoms with van der Waals surface area (Å²) in [5.41, 5.74) is 8.52. The summed E-state index contributed by atoms with van der Waals surface area (Å²) >= 11 is 5.97. The van der Waals surface area contributed by atoms with Gasteiger partial charge in [-0.3, -0.25) is 14.7 Å². The molecule has 2 aromatic rings. The SMILES string of the molecule is NC(=O)CCc1cccc(C2CCCN2Cc2ccc(Cl)cc2)n1. The number of nitrogens with zero attached hydrogens (tertiary/aromatic N) is 2. The molecule has 126 valence electrons. The maximum atomic E-state index is 11.0. The van der Waals surface area contributed by atoms with Gasteiger partial charge in [0.2, 0.25) is 5.91 Å². The number of primary amides is 1. The minimum atomic E-state index is -0.285. The van der Waals surface area contributed by atoms with E-state index in [1.807, 2.05) is 24.3 Å². The summed E-state index contributed by atoms with van der Waals surface area (Å²) in [6, 6.07) is 14.4. The molecule has 1 aliphatic rings. The van der Waals surface area contributed by atoms with Gasteiger partial charge in [0, 0.05) is 23.7 Å². The van der Waals surface area contributed by atoms with E-state index in [9.17, 15) is 4.79 Å². The molecule has 0 aliphatic carbocycles. The zero-order valence-corrected chi connectivity index (χ0v) is 14.4. The molecule has 3 rings (SSSR count). The van der Waals surface area contributed by atoms with Crippen LogP contribution in [0.4, 0.5) is 0 Å². The third-order valence-electron chi connectivity index (χ3n) is 4.46. The van der Waals surface area contributed by atoms with Crippen molar-refractivity contribution in [2.24, 2.45) is 5.73 Å². The number of benzene rings is 1. The zero-order chi connectivity index (χ0) is 16.9. The molecule has 1 amide bonds. The van der Waals surface area contributed by atoms with Gasteiger partial charge in [-0.1, -0.05) is 29.8 Å². The first-order chi connectivity index (χ1) is 11.6. The second kappa shape index (κ2) is 7.77. The van der Waals surface area contributed by atoms with Crippen LogP contribution in [-0.2, 0) is 17.8 Å². The summed E-state index contributed by atoms with van der Waals surface area (Å²) in [5.74, 6) is -0.285. The lowest BCUT2D eigenvalue weighted by atomic mass is 10.1. The number of carbonyl (C=O) groups excluding carboxylic acids is 1. The number of nitrogens with two attached hydrogens (primary N) is 1. The maximum absolute atomic E-state index is 11.0. The molecule has 1 fully saturated rings. The van der Waals surface area contributed by atoms with Crippen molar-refractivity contribution in [2.45, 2.75) is 38.3 Å². The molecule has 0 bridgehead atoms. The number of pyridine rings is 1. The number of aryl methyl sites for hydroxylation is 1. The van der Waals surface area contributed by atoms with E-state index in [4.69, 9.17) is 22.3 Å². The Kier molecular flexibility index (Phi) is 5.48. The molecule has 1 unspecified atom stereocenters. The van der Waals surface area contributed by atoms with Crippen LogP contribution in [0.5, 0.6) is 0 Å². The average Bonchev–Trinajstić information content (AvgIpc) is 3.03. The van der Waals surface area contributed by atoms with Gasteiger partial charge in [-0.05, 0) is 55.6 Å². The second-order valence-corrected chi connectivity index (χ2v) is 6.71. The molecular weight excluding hydrogens is 322 g/mol. The van der Waals surface area contributed by atoms with Gasteiger partial charge >= 0.3 is 0 Å². The lowest BCUT2D eigenvalue weighted by Crippen LogP contribution is -2.23. The van der Waals surface area contributed by atoms with E-state index in [1.54, 1.807) is 0 Å². The van der Waals surface area contributed by atoms with Crippen LogP contribution < -0.4 is 5.73 Å². The van der Waals surface area contributed by atoms with Crippen LogP contribution in [0, 0.1) is 0 Å². The molecule has 0 spiro atoms. The summed E-state index contributed by atoms with van der Waals surface area (Å²) in [4.78, 5) is 18.2. The van der Waals surface area contributed by atoms with Crippen LogP contribution in [-0.4, -0.2) is 22.3 Å². The quantitative estimate of drug-likeness (QED) is 0.873. The first-order valence-electron chi connectivity index (χ1n) is 8.34. The molecule has 1 saturated heterocycles. The fourth-order valence-corrected chi connectivity index (χ4v) is 3.37. The summed E-state index contributed by atoms with van der Waals surface area (Å²) in [6.07, 6.45) is 3.23. The monoisotopic (exact) mass is 343 g/mol. The molecule has 5 heteroatoms. The highest BCUT2D eigenvalue weighted by Crippen LogP contribution is 2.32. The Morgan fingerprint density at radius 3 is 2.79 bits per heavy atom. The molecule has 2 heterocycles. The fourth-order valence-electron chi connectivity index (χ4n) is 3.25. The van der Waals surface area contributed by atoms with Gasteiger partial charge in [0.05, 0.1) is 11.7 Å². The van der Waals surface area contributed by atoms with Crippen LogP contribution in [0.3, 0.4) is 0 Å². The molecule has 0 radical (unpaired) electrons. The summed E-state index contributed by atoms with van der Waals surface area (Å²) < 4.78 is 0. The average molecular weight is 344 g/mol. The van der Waals surface area contributed by atoms with Gasteiger partial charge < -0.3 is 5.73 Å². The number of hydrogen-bond acceptors (Lipinski definition) is 3. The standard InChI is InChI=1S/C19H22ClN3O/c20-15-8-6-14(7-9-15)13-23-12-2-5-18(23)17-4-1-3-16(22-17)10-11-19(21)24/h1,3-4,6-9,18H,2,5,10-13H2,(H2,21,24). The van der Waals surface area contributed by atoms with E-state index in [0.29, 0.717) is 18.9 Å². The van der Waals surface area contributed by atoms with Crippen LogP contribution in [0.15, 0.2) is 42.5 Å². The van der Waals surface area contributed by atoms with Gasteiger partial charge in [0.25, 0.3) is 0 Å². The van der Waals surface area contributed by atoms with Gasteiger partial charge in [-0.15, -0.1) is 0 Å². The number of aromatic nitrogens is 1. The number of rotatable bonds is 6. The minimum Gasteiger partial charge on any atom is -0.370 e. The Bertz CT molecular complexity index is 702. The Morgan fingerprint density at radius 2 is 2.04 bits per heavy atom. The van der Waals surface area contributed by atoms with Crippen LogP contribution in [0.1, 0.15) is 42.3 Å². The highest BCUT2D eigenvalue weighted by atomic mass is 35.5. The highest BCUT2D eigenvalue weighted by molar-refractivity contribution is 6.30. The largest absolute Gasteiger partial charge is 0.370 e. The van der Waals surface area contributed by atoms with E-state index < -0.39 is 0 Å². The van der Waals surface area contributed by atoms with Crippen molar-refractivity contribution in [3.05, 3.63) is 64.4 Å². The van der Waals surface area contributed by atoms with Crippen molar-refractivity contribution in [3.8, 4) is 0 Å². The summed E-state index contributed by atoms with van der Waals surface area (Å²) in [6.45, 7) is 1.97. The Balaban J connectivity index is 1.71. The Morgan fingerprint density at radius 1 is 1.25 bits per heavy atom. The third kappa shape index (κ3) is 4.34. The zero-order valence-electron chi connectivity index (χ0n) is 13.6. The molecular formula is C19H22ClN3O. The minimum absolute atomic E-state index is 0.285. The normalized spacial score (nSPS) is 18.0. The van der Waals surface area contributed by atoms with Gasteiger partial charge in [-0.2, -0.15) is 0 Å². The van der Waals surface area contributed by atoms with Crippen molar-refractivity contribution >= 4 is 17.5 Å². The first kappa shape index (κ1) is 16.9. The lowest BCUT2D eigenvalue weighted by molar-refractivity contribution is -0.118. The number of halogens is 1. The Hall–Kier alpha value is -1.91. The van der Waals surface area contributed by atoms with Crippen LogP contribution in [0.25, 0.3) is 0 Å². The fraction of sp³-hybridized carbons (Fsp3) is 0.368. The highest BCUT2D eigenvalue weighted by Gasteiger charge is 2.27. The topological polar surface area (TPSA) is 59.2 Å². The first-order valence-corrected chi connectivity index (χ1v) is 8.72. The van der Waals surface area contributed by atoms with Gasteiger partial charge in [0.15, 0.2) is 0 Å². The van der Waals surface area contributed by atoms with Crippen molar-refractivity contribution < 1.29 is 4.79 Å². The summed E-state index contributed by atoms with van der Waals surface area (Å²) in [5, 5.41) is 0.764. The maximum Gasteiger partial charge on any atom is 0.217 e. The molecule has 1 aromatic carbocycles. The van der Waals surface area contributed by atoms with E-state index in [1.165, 1.54) is 12.0 Å². The number of amides is 1. The smallest absolute Gasteiger partial charge is 0.217 e. The number of carbonyl (C=O) groups is 1. The van der Waals surface area contributed by atoms with Crippen molar-refractivity contribution in [1.82, 2.24) is 9.88 Å². The Labute approximate surface area is 147 Å². The molecule has 0 saturated carbocycles. The second-order valence-electron chi connectivity index (χ2n) is 6.28.